The third kappa shape index (κ3) is 8.18. The number of hydrogen-bond donors (Lipinski definition) is 2. The van der Waals surface area contributed by atoms with Crippen molar-refractivity contribution in [3.63, 3.8) is 0 Å². The number of aryl methyl sites for hydroxylation is 4. The minimum absolute atomic E-state index is 0.00454. The number of rotatable bonds is 10. The van der Waals surface area contributed by atoms with Gasteiger partial charge in [0.15, 0.2) is 0 Å². The summed E-state index contributed by atoms with van der Waals surface area (Å²) in [6.07, 6.45) is 2.53. The second-order valence-corrected chi connectivity index (χ2v) is 11.1. The fourth-order valence-electron chi connectivity index (χ4n) is 5.09. The minimum atomic E-state index is -0.499. The predicted molar refractivity (Wildman–Crippen MR) is 173 cm³/mol. The zero-order chi connectivity index (χ0) is 32.8. The second kappa shape index (κ2) is 14.3. The van der Waals surface area contributed by atoms with Crippen LogP contribution in [0.5, 0.6) is 23.3 Å². The summed E-state index contributed by atoms with van der Waals surface area (Å²) >= 11 is 0. The van der Waals surface area contributed by atoms with Gasteiger partial charge in [-0.15, -0.1) is 6.58 Å². The molecule has 11 nitrogen and oxygen atoms in total. The SMILES string of the molecule is C=CCn1c(Oc2cc(C)cc(C)c2)c(CC)c(=O)[nH]c1=O.CCc1c(Oc2cc(C)cc(C)c2)n(CC2CO2)c(=O)[nH]c1=O. The van der Waals surface area contributed by atoms with Gasteiger partial charge in [0.2, 0.25) is 11.8 Å². The molecule has 0 aliphatic carbocycles. The van der Waals surface area contributed by atoms with Gasteiger partial charge in [0, 0.05) is 6.54 Å². The number of benzene rings is 2. The maximum atomic E-state index is 12.2. The van der Waals surface area contributed by atoms with Crippen LogP contribution in [0.2, 0.25) is 0 Å². The Hall–Kier alpha value is -4.90. The summed E-state index contributed by atoms with van der Waals surface area (Å²) in [6.45, 7) is 16.5. The number of H-pyrrole nitrogens is 2. The number of nitrogens with zero attached hydrogens (tertiary/aromatic N) is 2. The molecule has 0 amide bonds. The molecule has 4 aromatic rings. The normalized spacial score (nSPS) is 13.5. The highest BCUT2D eigenvalue weighted by atomic mass is 16.6. The van der Waals surface area contributed by atoms with Gasteiger partial charge in [0.05, 0.1) is 30.4 Å². The number of aromatic amines is 2. The van der Waals surface area contributed by atoms with Gasteiger partial charge >= 0.3 is 11.4 Å². The van der Waals surface area contributed by atoms with Crippen LogP contribution in [-0.4, -0.2) is 31.8 Å². The molecule has 1 saturated heterocycles. The van der Waals surface area contributed by atoms with Crippen molar-refractivity contribution in [2.75, 3.05) is 6.61 Å². The van der Waals surface area contributed by atoms with Gasteiger partial charge in [0.25, 0.3) is 11.1 Å². The van der Waals surface area contributed by atoms with E-state index in [0.29, 0.717) is 54.5 Å². The standard InChI is InChI=1S/C17H20N2O4.C17H20N2O3/c1-4-14-15(20)18-17(21)19(8-13-9-22-13)16(14)23-12-6-10(2)5-11(3)7-12;1-5-7-19-16(14(6-2)15(20)18-17(19)21)22-13-9-11(3)8-12(4)10-13/h5-7,13H,4,8-9H2,1-3H3,(H,18,20,21);5,8-10H,1,6-7H2,2-4H3,(H,18,20,21). The summed E-state index contributed by atoms with van der Waals surface area (Å²) in [4.78, 5) is 53.0. The number of allylic oxidation sites excluding steroid dienone is 1. The maximum Gasteiger partial charge on any atom is 0.331 e. The third-order valence-electron chi connectivity index (χ3n) is 7.11. The second-order valence-electron chi connectivity index (χ2n) is 11.1. The molecule has 11 heteroatoms. The van der Waals surface area contributed by atoms with Crippen molar-refractivity contribution >= 4 is 0 Å². The highest BCUT2D eigenvalue weighted by Crippen LogP contribution is 2.27. The van der Waals surface area contributed by atoms with Crippen LogP contribution in [0, 0.1) is 27.7 Å². The van der Waals surface area contributed by atoms with E-state index in [1.54, 1.807) is 6.08 Å². The van der Waals surface area contributed by atoms with Crippen molar-refractivity contribution in [1.82, 2.24) is 19.1 Å². The lowest BCUT2D eigenvalue weighted by Gasteiger charge is -2.16. The highest BCUT2D eigenvalue weighted by molar-refractivity contribution is 5.38. The topological polar surface area (TPSA) is 141 Å². The van der Waals surface area contributed by atoms with Crippen molar-refractivity contribution in [2.45, 2.75) is 73.6 Å². The van der Waals surface area contributed by atoms with Gasteiger partial charge in [0.1, 0.15) is 11.5 Å². The molecule has 0 bridgehead atoms. The molecule has 2 N–H and O–H groups in total. The van der Waals surface area contributed by atoms with Crippen molar-refractivity contribution in [1.29, 1.82) is 0 Å². The Balaban J connectivity index is 0.000000205. The predicted octanol–water partition coefficient (Wildman–Crippen LogP) is 4.60. The van der Waals surface area contributed by atoms with Gasteiger partial charge < -0.3 is 14.2 Å². The lowest BCUT2D eigenvalue weighted by molar-refractivity contribution is 0.350. The number of aromatic nitrogens is 4. The fraction of sp³-hybridized carbons (Fsp3) is 0.353. The Morgan fingerprint density at radius 1 is 0.756 bits per heavy atom. The first-order chi connectivity index (χ1) is 21.4. The van der Waals surface area contributed by atoms with E-state index < -0.39 is 22.5 Å². The van der Waals surface area contributed by atoms with Gasteiger partial charge in [-0.25, -0.2) is 9.59 Å². The Morgan fingerprint density at radius 3 is 1.53 bits per heavy atom. The van der Waals surface area contributed by atoms with E-state index in [2.05, 4.69) is 16.5 Å². The first-order valence-corrected chi connectivity index (χ1v) is 14.9. The Labute approximate surface area is 260 Å². The summed E-state index contributed by atoms with van der Waals surface area (Å²) in [5.74, 6) is 1.81. The van der Waals surface area contributed by atoms with Crippen LogP contribution in [0.1, 0.15) is 47.2 Å². The number of hydrogen-bond acceptors (Lipinski definition) is 7. The first-order valence-electron chi connectivity index (χ1n) is 14.9. The first kappa shape index (κ1) is 33.0. The van der Waals surface area contributed by atoms with E-state index in [4.69, 9.17) is 14.2 Å². The van der Waals surface area contributed by atoms with Crippen LogP contribution in [-0.2, 0) is 30.7 Å². The summed E-state index contributed by atoms with van der Waals surface area (Å²) in [6, 6.07) is 11.6. The smallest absolute Gasteiger partial charge is 0.331 e. The molecule has 1 atom stereocenters. The van der Waals surface area contributed by atoms with E-state index in [9.17, 15) is 19.2 Å². The molecule has 2 aromatic carbocycles. The van der Waals surface area contributed by atoms with Crippen molar-refractivity contribution in [2.24, 2.45) is 0 Å². The molecule has 3 heterocycles. The number of nitrogens with one attached hydrogen (secondary N) is 2. The Bertz CT molecular complexity index is 1900. The molecule has 0 spiro atoms. The van der Waals surface area contributed by atoms with Crippen LogP contribution >= 0.6 is 0 Å². The number of epoxide rings is 1. The molecule has 5 rings (SSSR count). The summed E-state index contributed by atoms with van der Waals surface area (Å²) in [5.41, 5.74) is 3.35. The average Bonchev–Trinajstić information content (AvgIpc) is 3.77. The van der Waals surface area contributed by atoms with Crippen LogP contribution in [0.25, 0.3) is 0 Å². The number of ether oxygens (including phenoxy) is 3. The van der Waals surface area contributed by atoms with Crippen LogP contribution in [0.3, 0.4) is 0 Å². The summed E-state index contributed by atoms with van der Waals surface area (Å²) in [5, 5.41) is 0. The Morgan fingerprint density at radius 2 is 1.16 bits per heavy atom. The van der Waals surface area contributed by atoms with E-state index in [1.165, 1.54) is 9.13 Å². The van der Waals surface area contributed by atoms with Crippen LogP contribution < -0.4 is 32.0 Å². The minimum Gasteiger partial charge on any atom is -0.440 e. The molecule has 45 heavy (non-hydrogen) atoms. The molecule has 1 aliphatic heterocycles. The van der Waals surface area contributed by atoms with E-state index in [0.717, 1.165) is 22.3 Å². The van der Waals surface area contributed by atoms with Gasteiger partial charge in [-0.05, 0) is 87.1 Å². The molecule has 0 saturated carbocycles. The zero-order valence-electron chi connectivity index (χ0n) is 26.6. The fourth-order valence-corrected chi connectivity index (χ4v) is 5.09. The molecular formula is C34H40N4O7. The summed E-state index contributed by atoms with van der Waals surface area (Å²) < 4.78 is 19.9. The molecule has 238 valence electrons. The quantitative estimate of drug-likeness (QED) is 0.196. The van der Waals surface area contributed by atoms with E-state index >= 15 is 0 Å². The molecule has 1 aliphatic rings. The van der Waals surface area contributed by atoms with Gasteiger partial charge in [-0.3, -0.25) is 28.7 Å². The highest BCUT2D eigenvalue weighted by Gasteiger charge is 2.27. The largest absolute Gasteiger partial charge is 0.440 e. The van der Waals surface area contributed by atoms with Crippen LogP contribution in [0.15, 0.2) is 68.2 Å². The summed E-state index contributed by atoms with van der Waals surface area (Å²) in [7, 11) is 0. The van der Waals surface area contributed by atoms with Crippen molar-refractivity contribution < 1.29 is 14.2 Å². The molecule has 1 fully saturated rings. The zero-order valence-corrected chi connectivity index (χ0v) is 26.6. The molecule has 2 aromatic heterocycles. The maximum absolute atomic E-state index is 12.2. The molecule has 1 unspecified atom stereocenters. The lowest BCUT2D eigenvalue weighted by Crippen LogP contribution is -2.34. The Kier molecular flexibility index (Phi) is 10.5. The monoisotopic (exact) mass is 616 g/mol. The van der Waals surface area contributed by atoms with E-state index in [1.807, 2.05) is 77.9 Å². The molecule has 0 radical (unpaired) electrons. The van der Waals surface area contributed by atoms with Crippen LogP contribution in [0.4, 0.5) is 0 Å². The van der Waals surface area contributed by atoms with Gasteiger partial charge in [-0.2, -0.15) is 0 Å². The van der Waals surface area contributed by atoms with Crippen molar-refractivity contribution in [3.8, 4) is 23.3 Å². The average molecular weight is 617 g/mol. The van der Waals surface area contributed by atoms with E-state index in [-0.39, 0.29) is 18.5 Å². The van der Waals surface area contributed by atoms with Crippen molar-refractivity contribution in [3.05, 3.63) is 124 Å². The molecular weight excluding hydrogens is 576 g/mol. The van der Waals surface area contributed by atoms with Gasteiger partial charge in [-0.1, -0.05) is 32.1 Å². The third-order valence-corrected chi connectivity index (χ3v) is 7.11. The lowest BCUT2D eigenvalue weighted by atomic mass is 10.1.